The second-order valence-corrected chi connectivity index (χ2v) is 7.18. The van der Waals surface area contributed by atoms with Gasteiger partial charge in [-0.3, -0.25) is 29.7 Å². The van der Waals surface area contributed by atoms with Crippen LogP contribution in [0.1, 0.15) is 38.5 Å². The van der Waals surface area contributed by atoms with Gasteiger partial charge in [0.25, 0.3) is 0 Å². The Morgan fingerprint density at radius 1 is 0.900 bits per heavy atom. The predicted molar refractivity (Wildman–Crippen MR) is 116 cm³/mol. The van der Waals surface area contributed by atoms with E-state index in [9.17, 15) is 14.4 Å². The van der Waals surface area contributed by atoms with Crippen LogP contribution in [0.25, 0.3) is 0 Å². The number of Topliss-reactive ketones (excluding diaryl/α,β-unsaturated/α-hetero) is 2. The van der Waals surface area contributed by atoms with Crippen molar-refractivity contribution in [2.75, 3.05) is 32.7 Å². The molecule has 1 aliphatic rings. The third-order valence-electron chi connectivity index (χ3n) is 4.56. The molecular formula is C18H35N9O3. The average molecular weight is 426 g/mol. The van der Waals surface area contributed by atoms with E-state index in [2.05, 4.69) is 25.9 Å². The molecule has 1 amide bonds. The van der Waals surface area contributed by atoms with E-state index in [0.29, 0.717) is 58.2 Å². The highest BCUT2D eigenvalue weighted by atomic mass is 16.2. The first-order valence-corrected chi connectivity index (χ1v) is 10.2. The van der Waals surface area contributed by atoms with Crippen LogP contribution in [-0.2, 0) is 14.4 Å². The lowest BCUT2D eigenvalue weighted by Gasteiger charge is -2.22. The summed E-state index contributed by atoms with van der Waals surface area (Å²) >= 11 is 0. The molecule has 1 heterocycles. The van der Waals surface area contributed by atoms with E-state index < -0.39 is 12.1 Å². The minimum atomic E-state index is -0.642. The Balaban J connectivity index is 2.82. The Morgan fingerprint density at radius 3 is 2.10 bits per heavy atom. The first kappa shape index (κ1) is 25.3. The molecule has 0 saturated carbocycles. The molecule has 170 valence electrons. The Kier molecular flexibility index (Phi) is 12.0. The Morgan fingerprint density at radius 2 is 1.50 bits per heavy atom. The first-order valence-electron chi connectivity index (χ1n) is 10.2. The third-order valence-corrected chi connectivity index (χ3v) is 4.56. The molecule has 12 heteroatoms. The van der Waals surface area contributed by atoms with Gasteiger partial charge < -0.3 is 33.6 Å². The summed E-state index contributed by atoms with van der Waals surface area (Å²) in [6, 6.07) is -1.28. The van der Waals surface area contributed by atoms with Crippen LogP contribution in [-0.4, -0.2) is 74.2 Å². The van der Waals surface area contributed by atoms with Crippen LogP contribution in [0, 0.1) is 0 Å². The predicted octanol–water partition coefficient (Wildman–Crippen LogP) is -2.94. The van der Waals surface area contributed by atoms with Crippen molar-refractivity contribution in [1.29, 1.82) is 0 Å². The number of amides is 1. The lowest BCUT2D eigenvalue weighted by Crippen LogP contribution is -2.51. The van der Waals surface area contributed by atoms with Crippen molar-refractivity contribution in [3.8, 4) is 0 Å². The molecule has 0 aromatic carbocycles. The number of hydrogen-bond donors (Lipinski definition) is 7. The van der Waals surface area contributed by atoms with E-state index in [0.717, 1.165) is 0 Å². The van der Waals surface area contributed by atoms with Gasteiger partial charge in [0.15, 0.2) is 23.5 Å². The number of carbonyl (C=O) groups is 3. The second kappa shape index (κ2) is 14.3. The molecule has 0 unspecified atom stereocenters. The van der Waals surface area contributed by atoms with Gasteiger partial charge in [-0.2, -0.15) is 0 Å². The maximum absolute atomic E-state index is 12.8. The molecule has 0 aromatic heterocycles. The highest BCUT2D eigenvalue weighted by Gasteiger charge is 2.25. The zero-order chi connectivity index (χ0) is 22.4. The zero-order valence-electron chi connectivity index (χ0n) is 17.4. The Bertz CT molecular complexity index is 628. The molecule has 30 heavy (non-hydrogen) atoms. The molecule has 0 radical (unpaired) electrons. The molecule has 0 bridgehead atoms. The number of hydrogen-bond acceptors (Lipinski definition) is 7. The van der Waals surface area contributed by atoms with Crippen LogP contribution in [0.4, 0.5) is 0 Å². The minimum Gasteiger partial charge on any atom is -0.370 e. The summed E-state index contributed by atoms with van der Waals surface area (Å²) in [5.41, 5.74) is 21.3. The number of guanidine groups is 2. The highest BCUT2D eigenvalue weighted by Crippen LogP contribution is 2.07. The number of nitrogens with two attached hydrogens (primary N) is 4. The molecule has 1 fully saturated rings. The lowest BCUT2D eigenvalue weighted by atomic mass is 10.0. The minimum absolute atomic E-state index is 0.0129. The summed E-state index contributed by atoms with van der Waals surface area (Å²) in [6.07, 6.45) is 2.82. The van der Waals surface area contributed by atoms with Crippen LogP contribution >= 0.6 is 0 Å². The maximum atomic E-state index is 12.8. The van der Waals surface area contributed by atoms with Crippen LogP contribution in [0.5, 0.6) is 0 Å². The van der Waals surface area contributed by atoms with Crippen molar-refractivity contribution in [3.63, 3.8) is 0 Å². The van der Waals surface area contributed by atoms with E-state index in [-0.39, 0.29) is 42.5 Å². The number of carbonyl (C=O) groups excluding carboxylic acids is 3. The fourth-order valence-corrected chi connectivity index (χ4v) is 3.01. The van der Waals surface area contributed by atoms with Gasteiger partial charge in [-0.05, 0) is 38.6 Å². The number of ketones is 2. The van der Waals surface area contributed by atoms with Crippen LogP contribution in [0.3, 0.4) is 0 Å². The van der Waals surface area contributed by atoms with Crippen molar-refractivity contribution in [2.24, 2.45) is 32.9 Å². The van der Waals surface area contributed by atoms with Crippen LogP contribution < -0.4 is 38.9 Å². The van der Waals surface area contributed by atoms with E-state index in [1.807, 2.05) is 0 Å². The number of rotatable bonds is 8. The largest absolute Gasteiger partial charge is 0.370 e. The summed E-state index contributed by atoms with van der Waals surface area (Å²) in [5.74, 6) is -0.480. The first-order chi connectivity index (χ1) is 14.3. The number of nitrogens with zero attached hydrogens (tertiary/aromatic N) is 2. The van der Waals surface area contributed by atoms with Gasteiger partial charge in [0.2, 0.25) is 5.91 Å². The highest BCUT2D eigenvalue weighted by molar-refractivity contribution is 5.91. The van der Waals surface area contributed by atoms with Gasteiger partial charge >= 0.3 is 0 Å². The van der Waals surface area contributed by atoms with E-state index in [1.165, 1.54) is 0 Å². The molecule has 0 spiro atoms. The third kappa shape index (κ3) is 11.3. The van der Waals surface area contributed by atoms with Gasteiger partial charge in [0, 0.05) is 19.5 Å². The summed E-state index contributed by atoms with van der Waals surface area (Å²) in [7, 11) is 0. The summed E-state index contributed by atoms with van der Waals surface area (Å²) < 4.78 is 0. The standard InChI is InChI=1S/C18H35N9O3/c19-17(20)24-8-1-4-13-15(29)6-3-7-23-10-12(28)11-26-14(16(30)27-13)5-2-9-25-18(21)22/h13-14,23,26H,1-11H2,(H,27,30)(H4,19,20,24)(H4,21,22,25)/t13-,14-/m0/s1. The van der Waals surface area contributed by atoms with Gasteiger partial charge in [-0.1, -0.05) is 0 Å². The molecule has 1 rings (SSSR count). The molecule has 12 nitrogen and oxygen atoms in total. The topological polar surface area (TPSA) is 216 Å². The van der Waals surface area contributed by atoms with Crippen LogP contribution in [0.15, 0.2) is 9.98 Å². The van der Waals surface area contributed by atoms with Crippen molar-refractivity contribution < 1.29 is 14.4 Å². The number of nitrogens with one attached hydrogen (secondary N) is 3. The molecule has 1 saturated heterocycles. The van der Waals surface area contributed by atoms with Crippen LogP contribution in [0.2, 0.25) is 0 Å². The van der Waals surface area contributed by atoms with Crippen molar-refractivity contribution >= 4 is 29.4 Å². The zero-order valence-corrected chi connectivity index (χ0v) is 17.4. The molecule has 0 aliphatic carbocycles. The SMILES string of the molecule is NC(N)=NCCC[C@@H]1NC(=O)[C@H](CCCN=C(N)N)NCC(=O)CNCCCC1=O. The van der Waals surface area contributed by atoms with Gasteiger partial charge in [0.1, 0.15) is 0 Å². The summed E-state index contributed by atoms with van der Waals surface area (Å²) in [5, 5.41) is 8.84. The average Bonchev–Trinajstić information content (AvgIpc) is 2.68. The summed E-state index contributed by atoms with van der Waals surface area (Å²) in [6.45, 7) is 1.53. The quantitative estimate of drug-likeness (QED) is 0.120. The molecule has 11 N–H and O–H groups in total. The molecule has 1 aliphatic heterocycles. The molecule has 0 aromatic rings. The smallest absolute Gasteiger partial charge is 0.237 e. The van der Waals surface area contributed by atoms with Gasteiger partial charge in [0.05, 0.1) is 25.2 Å². The number of aliphatic imine (C=N–C) groups is 2. The Hall–Kier alpha value is -2.73. The van der Waals surface area contributed by atoms with Gasteiger partial charge in [-0.15, -0.1) is 0 Å². The maximum Gasteiger partial charge on any atom is 0.237 e. The van der Waals surface area contributed by atoms with Crippen molar-refractivity contribution in [1.82, 2.24) is 16.0 Å². The van der Waals surface area contributed by atoms with Gasteiger partial charge in [-0.25, -0.2) is 0 Å². The molecule has 2 atom stereocenters. The summed E-state index contributed by atoms with van der Waals surface area (Å²) in [4.78, 5) is 45.3. The normalized spacial score (nSPS) is 21.5. The van der Waals surface area contributed by atoms with Crippen molar-refractivity contribution in [2.45, 2.75) is 50.6 Å². The van der Waals surface area contributed by atoms with Crippen molar-refractivity contribution in [3.05, 3.63) is 0 Å². The van der Waals surface area contributed by atoms with E-state index in [1.54, 1.807) is 0 Å². The van der Waals surface area contributed by atoms with E-state index >= 15 is 0 Å². The second-order valence-electron chi connectivity index (χ2n) is 7.18. The fraction of sp³-hybridized carbons (Fsp3) is 0.722. The van der Waals surface area contributed by atoms with E-state index in [4.69, 9.17) is 22.9 Å². The Labute approximate surface area is 176 Å². The molecular weight excluding hydrogens is 390 g/mol. The monoisotopic (exact) mass is 425 g/mol. The lowest BCUT2D eigenvalue weighted by molar-refractivity contribution is -0.129. The fourth-order valence-electron chi connectivity index (χ4n) is 3.01.